The second-order valence-corrected chi connectivity index (χ2v) is 6.54. The number of halogens is 1. The van der Waals surface area contributed by atoms with Crippen molar-refractivity contribution in [3.8, 4) is 0 Å². The number of ether oxygens (including phenoxy) is 2. The van der Waals surface area contributed by atoms with E-state index in [1.54, 1.807) is 13.2 Å². The third kappa shape index (κ3) is 7.73. The van der Waals surface area contributed by atoms with Gasteiger partial charge in [-0.05, 0) is 36.1 Å². The molecule has 152 valence electrons. The number of aliphatic imine (C=N–C) groups is 1. The molecule has 1 aliphatic heterocycles. The van der Waals surface area contributed by atoms with Crippen LogP contribution in [0, 0.1) is 0 Å². The molecule has 2 aromatic rings. The fraction of sp³-hybridized carbons (Fsp3) is 0.429. The average Bonchev–Trinajstić information content (AvgIpc) is 2.74. The molecule has 1 fully saturated rings. The summed E-state index contributed by atoms with van der Waals surface area (Å²) in [4.78, 5) is 8.58. The van der Waals surface area contributed by atoms with Crippen molar-refractivity contribution in [2.45, 2.75) is 38.6 Å². The summed E-state index contributed by atoms with van der Waals surface area (Å²) in [5.74, 6) is 0.754. The molecule has 1 aliphatic rings. The lowest BCUT2D eigenvalue weighted by molar-refractivity contribution is -0.0390. The van der Waals surface area contributed by atoms with Gasteiger partial charge in [-0.1, -0.05) is 30.3 Å². The SMILES string of the molecule is CN=C(NCc1cccc(COC2CCOCC2)c1)NCc1ccccn1.I. The molecule has 2 heterocycles. The predicted octanol–water partition coefficient (Wildman–Crippen LogP) is 3.26. The highest BCUT2D eigenvalue weighted by Gasteiger charge is 2.14. The van der Waals surface area contributed by atoms with Crippen LogP contribution in [-0.4, -0.2) is 37.3 Å². The van der Waals surface area contributed by atoms with Crippen molar-refractivity contribution < 1.29 is 9.47 Å². The maximum absolute atomic E-state index is 6.01. The third-order valence-electron chi connectivity index (χ3n) is 4.49. The van der Waals surface area contributed by atoms with Gasteiger partial charge in [0.1, 0.15) is 0 Å². The molecular weight excluding hydrogens is 467 g/mol. The predicted molar refractivity (Wildman–Crippen MR) is 122 cm³/mol. The summed E-state index contributed by atoms with van der Waals surface area (Å²) in [5.41, 5.74) is 3.37. The first-order valence-corrected chi connectivity index (χ1v) is 9.45. The van der Waals surface area contributed by atoms with Gasteiger partial charge in [0.15, 0.2) is 5.96 Å². The standard InChI is InChI=1S/C21H28N4O2.HI/c1-22-21(25-15-19-7-2-3-10-23-19)24-14-17-5-4-6-18(13-17)16-27-20-8-11-26-12-9-20;/h2-7,10,13,20H,8-9,11-12,14-16H2,1H3,(H2,22,24,25);1H. The van der Waals surface area contributed by atoms with Gasteiger partial charge < -0.3 is 20.1 Å². The number of aromatic nitrogens is 1. The minimum Gasteiger partial charge on any atom is -0.381 e. The number of hydrogen-bond donors (Lipinski definition) is 2. The van der Waals surface area contributed by atoms with Gasteiger partial charge >= 0.3 is 0 Å². The Labute approximate surface area is 184 Å². The Kier molecular flexibility index (Phi) is 10.2. The van der Waals surface area contributed by atoms with Crippen LogP contribution in [-0.2, 0) is 29.2 Å². The fourth-order valence-corrected chi connectivity index (χ4v) is 2.97. The minimum atomic E-state index is 0. The van der Waals surface area contributed by atoms with Crippen molar-refractivity contribution in [3.63, 3.8) is 0 Å². The highest BCUT2D eigenvalue weighted by atomic mass is 127. The summed E-state index contributed by atoms with van der Waals surface area (Å²) in [5, 5.41) is 6.62. The topological polar surface area (TPSA) is 67.8 Å². The molecule has 7 heteroatoms. The highest BCUT2D eigenvalue weighted by molar-refractivity contribution is 14.0. The summed E-state index contributed by atoms with van der Waals surface area (Å²) in [6.07, 6.45) is 4.08. The van der Waals surface area contributed by atoms with Crippen LogP contribution in [0.15, 0.2) is 53.7 Å². The number of rotatable bonds is 7. The zero-order valence-electron chi connectivity index (χ0n) is 16.3. The molecule has 2 N–H and O–H groups in total. The number of pyridine rings is 1. The Balaban J connectivity index is 0.00000280. The Morgan fingerprint density at radius 1 is 1.11 bits per heavy atom. The van der Waals surface area contributed by atoms with Gasteiger partial charge in [-0.15, -0.1) is 24.0 Å². The zero-order chi connectivity index (χ0) is 18.7. The van der Waals surface area contributed by atoms with Crippen LogP contribution in [0.3, 0.4) is 0 Å². The molecule has 3 rings (SSSR count). The normalized spacial score (nSPS) is 15.0. The van der Waals surface area contributed by atoms with Crippen LogP contribution in [0.1, 0.15) is 29.7 Å². The first-order valence-electron chi connectivity index (χ1n) is 9.45. The van der Waals surface area contributed by atoms with E-state index < -0.39 is 0 Å². The lowest BCUT2D eigenvalue weighted by atomic mass is 10.1. The Morgan fingerprint density at radius 3 is 2.64 bits per heavy atom. The number of guanidine groups is 1. The smallest absolute Gasteiger partial charge is 0.191 e. The molecule has 0 atom stereocenters. The van der Waals surface area contributed by atoms with Crippen molar-refractivity contribution in [1.82, 2.24) is 15.6 Å². The number of nitrogens with zero attached hydrogens (tertiary/aromatic N) is 2. The van der Waals surface area contributed by atoms with Gasteiger partial charge in [-0.2, -0.15) is 0 Å². The van der Waals surface area contributed by atoms with Crippen LogP contribution >= 0.6 is 24.0 Å². The van der Waals surface area contributed by atoms with Crippen LogP contribution < -0.4 is 10.6 Å². The molecule has 0 radical (unpaired) electrons. The summed E-state index contributed by atoms with van der Waals surface area (Å²) >= 11 is 0. The number of nitrogens with one attached hydrogen (secondary N) is 2. The lowest BCUT2D eigenvalue weighted by Crippen LogP contribution is -2.36. The van der Waals surface area contributed by atoms with E-state index in [1.165, 1.54) is 11.1 Å². The molecule has 0 aliphatic carbocycles. The molecule has 0 bridgehead atoms. The first kappa shape index (κ1) is 22.6. The van der Waals surface area contributed by atoms with Crippen LogP contribution in [0.25, 0.3) is 0 Å². The molecule has 6 nitrogen and oxygen atoms in total. The maximum atomic E-state index is 6.01. The third-order valence-corrected chi connectivity index (χ3v) is 4.49. The second-order valence-electron chi connectivity index (χ2n) is 6.54. The van der Waals surface area contributed by atoms with E-state index in [4.69, 9.17) is 9.47 Å². The number of benzene rings is 1. The second kappa shape index (κ2) is 12.7. The summed E-state index contributed by atoms with van der Waals surface area (Å²) < 4.78 is 11.4. The highest BCUT2D eigenvalue weighted by Crippen LogP contribution is 2.14. The van der Waals surface area contributed by atoms with Crippen molar-refractivity contribution in [3.05, 3.63) is 65.5 Å². The van der Waals surface area contributed by atoms with Gasteiger partial charge in [0.25, 0.3) is 0 Å². The lowest BCUT2D eigenvalue weighted by Gasteiger charge is -2.22. The molecular formula is C21H29IN4O2. The largest absolute Gasteiger partial charge is 0.381 e. The summed E-state index contributed by atoms with van der Waals surface area (Å²) in [6.45, 7) is 3.59. The molecule has 0 saturated carbocycles. The van der Waals surface area contributed by atoms with Gasteiger partial charge in [0.05, 0.1) is 24.9 Å². The molecule has 0 unspecified atom stereocenters. The van der Waals surface area contributed by atoms with E-state index in [0.29, 0.717) is 25.8 Å². The van der Waals surface area contributed by atoms with Crippen molar-refractivity contribution in [2.75, 3.05) is 20.3 Å². The van der Waals surface area contributed by atoms with E-state index in [9.17, 15) is 0 Å². The maximum Gasteiger partial charge on any atom is 0.191 e. The molecule has 1 aromatic carbocycles. The van der Waals surface area contributed by atoms with Crippen LogP contribution in [0.4, 0.5) is 0 Å². The summed E-state index contributed by atoms with van der Waals surface area (Å²) in [7, 11) is 1.77. The van der Waals surface area contributed by atoms with Gasteiger partial charge in [-0.25, -0.2) is 0 Å². The monoisotopic (exact) mass is 496 g/mol. The van der Waals surface area contributed by atoms with E-state index in [1.807, 2.05) is 18.2 Å². The van der Waals surface area contributed by atoms with E-state index in [-0.39, 0.29) is 24.0 Å². The molecule has 1 saturated heterocycles. The molecule has 28 heavy (non-hydrogen) atoms. The fourth-order valence-electron chi connectivity index (χ4n) is 2.97. The van der Waals surface area contributed by atoms with Crippen LogP contribution in [0.5, 0.6) is 0 Å². The first-order chi connectivity index (χ1) is 13.3. The van der Waals surface area contributed by atoms with Crippen molar-refractivity contribution in [1.29, 1.82) is 0 Å². The molecule has 1 aromatic heterocycles. The van der Waals surface area contributed by atoms with E-state index >= 15 is 0 Å². The zero-order valence-corrected chi connectivity index (χ0v) is 18.6. The van der Waals surface area contributed by atoms with Crippen molar-refractivity contribution >= 4 is 29.9 Å². The summed E-state index contributed by atoms with van der Waals surface area (Å²) in [6, 6.07) is 14.3. The number of hydrogen-bond acceptors (Lipinski definition) is 4. The Hall–Kier alpha value is -1.71. The van der Waals surface area contributed by atoms with E-state index in [0.717, 1.165) is 37.7 Å². The average molecular weight is 496 g/mol. The van der Waals surface area contributed by atoms with Gasteiger partial charge in [0, 0.05) is 33.0 Å². The van der Waals surface area contributed by atoms with Crippen LogP contribution in [0.2, 0.25) is 0 Å². The Bertz CT molecular complexity index is 721. The molecule has 0 amide bonds. The van der Waals surface area contributed by atoms with E-state index in [2.05, 4.69) is 44.9 Å². The van der Waals surface area contributed by atoms with Gasteiger partial charge in [-0.3, -0.25) is 9.98 Å². The minimum absolute atomic E-state index is 0. The molecule has 0 spiro atoms. The van der Waals surface area contributed by atoms with Crippen molar-refractivity contribution in [2.24, 2.45) is 4.99 Å². The quantitative estimate of drug-likeness (QED) is 0.350. The Morgan fingerprint density at radius 2 is 1.89 bits per heavy atom. The van der Waals surface area contributed by atoms with Gasteiger partial charge in [0.2, 0.25) is 0 Å².